The summed E-state index contributed by atoms with van der Waals surface area (Å²) < 4.78 is 0. The lowest BCUT2D eigenvalue weighted by atomic mass is 10.2. The van der Waals surface area contributed by atoms with Gasteiger partial charge in [-0.3, -0.25) is 0 Å². The highest BCUT2D eigenvalue weighted by Crippen LogP contribution is 2.25. The van der Waals surface area contributed by atoms with Gasteiger partial charge in [0.25, 0.3) is 0 Å². The highest BCUT2D eigenvalue weighted by Gasteiger charge is 2.07. The fourth-order valence-electron chi connectivity index (χ4n) is 2.02. The number of para-hydroxylation sites is 1. The van der Waals surface area contributed by atoms with Crippen LogP contribution in [0.3, 0.4) is 0 Å². The van der Waals surface area contributed by atoms with Gasteiger partial charge in [-0.1, -0.05) is 18.2 Å². The molecular formula is C15H19N3. The second-order valence-corrected chi connectivity index (χ2v) is 4.40. The predicted molar refractivity (Wildman–Crippen MR) is 76.2 cm³/mol. The molecule has 3 nitrogen and oxygen atoms in total. The molecule has 1 heterocycles. The number of anilines is 2. The number of nitrogens with one attached hydrogen (secondary N) is 1. The number of benzene rings is 1. The first-order chi connectivity index (χ1) is 8.72. The maximum absolute atomic E-state index is 4.44. The van der Waals surface area contributed by atoms with Gasteiger partial charge in [0, 0.05) is 25.5 Å². The Morgan fingerprint density at radius 1 is 1.22 bits per heavy atom. The summed E-state index contributed by atoms with van der Waals surface area (Å²) >= 11 is 0. The van der Waals surface area contributed by atoms with Crippen molar-refractivity contribution in [3.63, 3.8) is 0 Å². The second kappa shape index (κ2) is 5.65. The summed E-state index contributed by atoms with van der Waals surface area (Å²) in [5, 5.41) is 3.15. The summed E-state index contributed by atoms with van der Waals surface area (Å²) in [6.45, 7) is 2.97. The van der Waals surface area contributed by atoms with Gasteiger partial charge in [-0.05, 0) is 43.3 Å². The van der Waals surface area contributed by atoms with Gasteiger partial charge in [-0.2, -0.15) is 0 Å². The van der Waals surface area contributed by atoms with Crippen LogP contribution in [0.4, 0.5) is 11.5 Å². The van der Waals surface area contributed by atoms with Gasteiger partial charge in [0.1, 0.15) is 5.82 Å². The zero-order valence-electron chi connectivity index (χ0n) is 11.1. The number of hydrogen-bond acceptors (Lipinski definition) is 3. The van der Waals surface area contributed by atoms with Crippen LogP contribution in [0.25, 0.3) is 0 Å². The molecular weight excluding hydrogens is 222 g/mol. The topological polar surface area (TPSA) is 28.2 Å². The summed E-state index contributed by atoms with van der Waals surface area (Å²) in [7, 11) is 4.00. The molecule has 18 heavy (non-hydrogen) atoms. The number of rotatable bonds is 4. The molecule has 2 aromatic rings. The Hall–Kier alpha value is -1.87. The lowest BCUT2D eigenvalue weighted by molar-refractivity contribution is 0.815. The molecule has 0 amide bonds. The van der Waals surface area contributed by atoms with Gasteiger partial charge >= 0.3 is 0 Å². The number of aryl methyl sites for hydroxylation is 1. The molecule has 0 atom stereocenters. The molecule has 94 valence electrons. The number of pyridine rings is 1. The third kappa shape index (κ3) is 2.68. The Bertz CT molecular complexity index is 523. The highest BCUT2D eigenvalue weighted by atomic mass is 15.2. The van der Waals surface area contributed by atoms with E-state index in [4.69, 9.17) is 0 Å². The first-order valence-electron chi connectivity index (χ1n) is 6.11. The minimum Gasteiger partial charge on any atom is -0.329 e. The van der Waals surface area contributed by atoms with Crippen LogP contribution < -0.4 is 10.2 Å². The van der Waals surface area contributed by atoms with Crippen molar-refractivity contribution in [2.45, 2.75) is 13.5 Å². The molecule has 0 unspecified atom stereocenters. The van der Waals surface area contributed by atoms with Crippen molar-refractivity contribution in [1.29, 1.82) is 0 Å². The normalized spacial score (nSPS) is 10.4. The zero-order valence-corrected chi connectivity index (χ0v) is 11.1. The minimum atomic E-state index is 0.858. The van der Waals surface area contributed by atoms with E-state index in [0.717, 1.165) is 12.4 Å². The van der Waals surface area contributed by atoms with Crippen molar-refractivity contribution in [3.05, 3.63) is 53.7 Å². The van der Waals surface area contributed by atoms with E-state index in [0.29, 0.717) is 0 Å². The molecule has 1 aromatic heterocycles. The quantitative estimate of drug-likeness (QED) is 0.892. The fraction of sp³-hybridized carbons (Fsp3) is 0.267. The minimum absolute atomic E-state index is 0.858. The van der Waals surface area contributed by atoms with Crippen LogP contribution >= 0.6 is 0 Å². The number of nitrogens with zero attached hydrogens (tertiary/aromatic N) is 2. The highest BCUT2D eigenvalue weighted by molar-refractivity contribution is 5.63. The summed E-state index contributed by atoms with van der Waals surface area (Å²) in [4.78, 5) is 6.56. The van der Waals surface area contributed by atoms with E-state index in [9.17, 15) is 0 Å². The molecule has 2 rings (SSSR count). The summed E-state index contributed by atoms with van der Waals surface area (Å²) in [5.74, 6) is 0.969. The standard InChI is InChI=1S/C15H19N3/c1-12-6-4-5-7-14(12)18(3)15-10-13(11-16-2)8-9-17-15/h4-10,16H,11H2,1-3H3. The largest absolute Gasteiger partial charge is 0.329 e. The molecule has 1 N–H and O–H groups in total. The van der Waals surface area contributed by atoms with Crippen molar-refractivity contribution >= 4 is 11.5 Å². The maximum atomic E-state index is 4.44. The number of hydrogen-bond donors (Lipinski definition) is 1. The Labute approximate surface area is 108 Å². The summed E-state index contributed by atoms with van der Waals surface area (Å²) in [6, 6.07) is 12.5. The number of aromatic nitrogens is 1. The van der Waals surface area contributed by atoms with Crippen LogP contribution in [-0.4, -0.2) is 19.1 Å². The Kier molecular flexibility index (Phi) is 3.95. The van der Waals surface area contributed by atoms with Crippen LogP contribution in [0.15, 0.2) is 42.6 Å². The van der Waals surface area contributed by atoms with E-state index in [1.807, 2.05) is 26.4 Å². The molecule has 0 aliphatic rings. The van der Waals surface area contributed by atoms with Gasteiger partial charge in [-0.25, -0.2) is 4.98 Å². The maximum Gasteiger partial charge on any atom is 0.132 e. The van der Waals surface area contributed by atoms with Gasteiger partial charge in [0.15, 0.2) is 0 Å². The third-order valence-electron chi connectivity index (χ3n) is 3.01. The predicted octanol–water partition coefficient (Wildman–Crippen LogP) is 2.88. The molecule has 0 bridgehead atoms. The molecule has 0 aliphatic carbocycles. The van der Waals surface area contributed by atoms with E-state index in [2.05, 4.69) is 52.5 Å². The Balaban J connectivity index is 2.31. The van der Waals surface area contributed by atoms with Crippen LogP contribution in [0.2, 0.25) is 0 Å². The molecule has 0 fully saturated rings. The van der Waals surface area contributed by atoms with E-state index >= 15 is 0 Å². The molecule has 0 radical (unpaired) electrons. The lowest BCUT2D eigenvalue weighted by Crippen LogP contribution is -2.13. The first-order valence-corrected chi connectivity index (χ1v) is 6.11. The van der Waals surface area contributed by atoms with Crippen molar-refractivity contribution in [3.8, 4) is 0 Å². The molecule has 0 saturated heterocycles. The van der Waals surface area contributed by atoms with Crippen LogP contribution in [-0.2, 0) is 6.54 Å². The van der Waals surface area contributed by atoms with Gasteiger partial charge in [0.2, 0.25) is 0 Å². The van der Waals surface area contributed by atoms with Crippen LogP contribution in [0, 0.1) is 6.92 Å². The molecule has 1 aromatic carbocycles. The Morgan fingerprint density at radius 3 is 2.72 bits per heavy atom. The molecule has 3 heteroatoms. The van der Waals surface area contributed by atoms with Gasteiger partial charge in [0.05, 0.1) is 0 Å². The average molecular weight is 241 g/mol. The monoisotopic (exact) mass is 241 g/mol. The van der Waals surface area contributed by atoms with E-state index in [-0.39, 0.29) is 0 Å². The molecule has 0 saturated carbocycles. The molecule has 0 spiro atoms. The smallest absolute Gasteiger partial charge is 0.132 e. The van der Waals surface area contributed by atoms with E-state index < -0.39 is 0 Å². The Morgan fingerprint density at radius 2 is 2.00 bits per heavy atom. The van der Waals surface area contributed by atoms with E-state index in [1.54, 1.807) is 0 Å². The van der Waals surface area contributed by atoms with Crippen molar-refractivity contribution in [2.75, 3.05) is 19.0 Å². The lowest BCUT2D eigenvalue weighted by Gasteiger charge is -2.20. The second-order valence-electron chi connectivity index (χ2n) is 4.40. The van der Waals surface area contributed by atoms with Crippen molar-refractivity contribution in [1.82, 2.24) is 10.3 Å². The van der Waals surface area contributed by atoms with Crippen LogP contribution in [0.1, 0.15) is 11.1 Å². The third-order valence-corrected chi connectivity index (χ3v) is 3.01. The van der Waals surface area contributed by atoms with Crippen molar-refractivity contribution in [2.24, 2.45) is 0 Å². The SMILES string of the molecule is CNCc1ccnc(N(C)c2ccccc2C)c1. The summed E-state index contributed by atoms with van der Waals surface area (Å²) in [5.41, 5.74) is 3.68. The van der Waals surface area contributed by atoms with Crippen LogP contribution in [0.5, 0.6) is 0 Å². The van der Waals surface area contributed by atoms with Gasteiger partial charge in [-0.15, -0.1) is 0 Å². The zero-order chi connectivity index (χ0) is 13.0. The van der Waals surface area contributed by atoms with Crippen molar-refractivity contribution < 1.29 is 0 Å². The summed E-state index contributed by atoms with van der Waals surface area (Å²) in [6.07, 6.45) is 1.86. The van der Waals surface area contributed by atoms with E-state index in [1.165, 1.54) is 16.8 Å². The molecule has 0 aliphatic heterocycles. The average Bonchev–Trinajstić information content (AvgIpc) is 2.39. The van der Waals surface area contributed by atoms with Gasteiger partial charge < -0.3 is 10.2 Å². The first kappa shape index (κ1) is 12.6. The fourth-order valence-corrected chi connectivity index (χ4v) is 2.02.